The lowest BCUT2D eigenvalue weighted by molar-refractivity contribution is -0.117. The quantitative estimate of drug-likeness (QED) is 0.831. The lowest BCUT2D eigenvalue weighted by Crippen LogP contribution is -2.48. The maximum absolute atomic E-state index is 12.6. The number of nitrogens with zero attached hydrogens (tertiary/aromatic N) is 3. The Morgan fingerprint density at radius 1 is 0.926 bits per heavy atom. The van der Waals surface area contributed by atoms with Gasteiger partial charge in [-0.05, 0) is 36.4 Å². The molecule has 1 aromatic carbocycles. The van der Waals surface area contributed by atoms with Gasteiger partial charge in [0, 0.05) is 50.7 Å². The van der Waals surface area contributed by atoms with Crippen molar-refractivity contribution in [1.82, 2.24) is 9.80 Å². The molecule has 0 saturated carbocycles. The predicted octanol–water partition coefficient (Wildman–Crippen LogP) is 3.10. The van der Waals surface area contributed by atoms with Gasteiger partial charge in [-0.1, -0.05) is 18.2 Å². The molecule has 0 radical (unpaired) electrons. The zero-order chi connectivity index (χ0) is 18.5. The van der Waals surface area contributed by atoms with Crippen LogP contribution in [0.4, 0.5) is 11.4 Å². The molecule has 0 unspecified atom stereocenters. The van der Waals surface area contributed by atoms with Crippen molar-refractivity contribution in [2.75, 3.05) is 56.0 Å². The van der Waals surface area contributed by atoms with E-state index in [9.17, 15) is 4.79 Å². The number of hydrogen-bond donors (Lipinski definition) is 1. The average molecular weight is 385 g/mol. The second-order valence-electron chi connectivity index (χ2n) is 7.39. The highest BCUT2D eigenvalue weighted by Gasteiger charge is 2.21. The van der Waals surface area contributed by atoms with Crippen LogP contribution in [0.2, 0.25) is 0 Å². The largest absolute Gasteiger partial charge is 0.370 e. The number of amides is 1. The molecule has 2 fully saturated rings. The Morgan fingerprint density at radius 2 is 1.67 bits per heavy atom. The summed E-state index contributed by atoms with van der Waals surface area (Å²) in [4.78, 5) is 21.1. The van der Waals surface area contributed by atoms with Crippen molar-refractivity contribution in [3.05, 3.63) is 46.7 Å². The van der Waals surface area contributed by atoms with Gasteiger partial charge in [-0.15, -0.1) is 11.3 Å². The number of rotatable bonds is 6. The Bertz CT molecular complexity index is 734. The molecule has 0 spiro atoms. The summed E-state index contributed by atoms with van der Waals surface area (Å²) in [5.74, 6) is 0.0911. The first-order chi connectivity index (χ1) is 13.3. The van der Waals surface area contributed by atoms with Crippen LogP contribution in [0.1, 0.15) is 17.7 Å². The molecule has 27 heavy (non-hydrogen) atoms. The monoisotopic (exact) mass is 384 g/mol. The Morgan fingerprint density at radius 3 is 2.41 bits per heavy atom. The van der Waals surface area contributed by atoms with Gasteiger partial charge in [0.05, 0.1) is 17.9 Å². The van der Waals surface area contributed by atoms with Gasteiger partial charge >= 0.3 is 0 Å². The van der Waals surface area contributed by atoms with Gasteiger partial charge < -0.3 is 10.2 Å². The third-order valence-electron chi connectivity index (χ3n) is 5.42. The van der Waals surface area contributed by atoms with Crippen LogP contribution in [0.5, 0.6) is 0 Å². The Balaban J connectivity index is 1.27. The maximum atomic E-state index is 12.6. The first-order valence-electron chi connectivity index (χ1n) is 9.89. The molecule has 3 heterocycles. The molecule has 2 saturated heterocycles. The summed E-state index contributed by atoms with van der Waals surface area (Å²) >= 11 is 1.82. The van der Waals surface area contributed by atoms with E-state index in [4.69, 9.17) is 0 Å². The number of thiophene rings is 1. The van der Waals surface area contributed by atoms with Crippen molar-refractivity contribution in [1.29, 1.82) is 0 Å². The molecule has 0 atom stereocenters. The van der Waals surface area contributed by atoms with E-state index in [-0.39, 0.29) is 5.91 Å². The van der Waals surface area contributed by atoms with E-state index in [2.05, 4.69) is 49.7 Å². The van der Waals surface area contributed by atoms with Gasteiger partial charge in [-0.2, -0.15) is 0 Å². The molecule has 6 heteroatoms. The minimum Gasteiger partial charge on any atom is -0.370 e. The molecule has 0 aliphatic carbocycles. The summed E-state index contributed by atoms with van der Waals surface area (Å²) in [6.45, 7) is 7.62. The van der Waals surface area contributed by atoms with Crippen molar-refractivity contribution in [2.24, 2.45) is 0 Å². The molecule has 0 bridgehead atoms. The lowest BCUT2D eigenvalue weighted by atomic mass is 10.2. The second kappa shape index (κ2) is 8.87. The topological polar surface area (TPSA) is 38.8 Å². The van der Waals surface area contributed by atoms with Crippen molar-refractivity contribution in [2.45, 2.75) is 19.4 Å². The van der Waals surface area contributed by atoms with E-state index in [1.54, 1.807) is 0 Å². The summed E-state index contributed by atoms with van der Waals surface area (Å²) in [6.07, 6.45) is 2.47. The molecular formula is C21H28N4OS. The van der Waals surface area contributed by atoms with Crippen molar-refractivity contribution >= 4 is 28.6 Å². The predicted molar refractivity (Wildman–Crippen MR) is 113 cm³/mol. The first-order valence-corrected chi connectivity index (χ1v) is 10.8. The van der Waals surface area contributed by atoms with Crippen LogP contribution in [-0.2, 0) is 11.3 Å². The molecule has 5 nitrogen and oxygen atoms in total. The molecule has 2 aliphatic rings. The second-order valence-corrected chi connectivity index (χ2v) is 8.42. The number of carbonyl (C=O) groups is 1. The number of para-hydroxylation sites is 2. The Labute approximate surface area is 165 Å². The number of hydrogen-bond acceptors (Lipinski definition) is 5. The summed E-state index contributed by atoms with van der Waals surface area (Å²) in [5.41, 5.74) is 2.10. The summed E-state index contributed by atoms with van der Waals surface area (Å²) in [5, 5.41) is 5.28. The number of anilines is 2. The van der Waals surface area contributed by atoms with E-state index in [0.717, 1.165) is 57.2 Å². The molecule has 144 valence electrons. The number of nitrogens with one attached hydrogen (secondary N) is 1. The average Bonchev–Trinajstić information content (AvgIpc) is 3.38. The molecular weight excluding hydrogens is 356 g/mol. The van der Waals surface area contributed by atoms with Gasteiger partial charge in [0.25, 0.3) is 0 Å². The third kappa shape index (κ3) is 4.89. The molecule has 2 aliphatic heterocycles. The van der Waals surface area contributed by atoms with Crippen molar-refractivity contribution in [3.8, 4) is 0 Å². The highest BCUT2D eigenvalue weighted by Crippen LogP contribution is 2.28. The minimum atomic E-state index is 0.0911. The van der Waals surface area contributed by atoms with E-state index in [1.165, 1.54) is 17.7 Å². The van der Waals surface area contributed by atoms with Crippen molar-refractivity contribution < 1.29 is 4.79 Å². The molecule has 1 aromatic heterocycles. The molecule has 4 rings (SSSR count). The fourth-order valence-corrected chi connectivity index (χ4v) is 4.68. The van der Waals surface area contributed by atoms with Crippen molar-refractivity contribution in [3.63, 3.8) is 0 Å². The highest BCUT2D eigenvalue weighted by atomic mass is 32.1. The Kier molecular flexibility index (Phi) is 6.07. The SMILES string of the molecule is O=C(CN1CCN(Cc2cccs2)CC1)Nc1ccccc1N1CCCC1. The Hall–Kier alpha value is -1.89. The fourth-order valence-electron chi connectivity index (χ4n) is 3.93. The van der Waals surface area contributed by atoms with Gasteiger partial charge in [0.1, 0.15) is 0 Å². The fraction of sp³-hybridized carbons (Fsp3) is 0.476. The summed E-state index contributed by atoms with van der Waals surface area (Å²) < 4.78 is 0. The van der Waals surface area contributed by atoms with Crippen LogP contribution in [0.25, 0.3) is 0 Å². The zero-order valence-electron chi connectivity index (χ0n) is 15.8. The molecule has 1 N–H and O–H groups in total. The number of benzene rings is 1. The maximum Gasteiger partial charge on any atom is 0.238 e. The lowest BCUT2D eigenvalue weighted by Gasteiger charge is -2.34. The van der Waals surface area contributed by atoms with Gasteiger partial charge in [-0.3, -0.25) is 14.6 Å². The van der Waals surface area contributed by atoms with Gasteiger partial charge in [-0.25, -0.2) is 0 Å². The third-order valence-corrected chi connectivity index (χ3v) is 6.28. The van der Waals surface area contributed by atoms with E-state index >= 15 is 0 Å². The van der Waals surface area contributed by atoms with Crippen LogP contribution in [0.3, 0.4) is 0 Å². The van der Waals surface area contributed by atoms with Crippen LogP contribution >= 0.6 is 11.3 Å². The van der Waals surface area contributed by atoms with E-state index in [0.29, 0.717) is 6.54 Å². The number of carbonyl (C=O) groups excluding carboxylic acids is 1. The highest BCUT2D eigenvalue weighted by molar-refractivity contribution is 7.09. The first kappa shape index (κ1) is 18.5. The standard InChI is InChI=1S/C21H28N4OS/c26-21(22-19-7-1-2-8-20(19)25-9-3-4-10-25)17-24-13-11-23(12-14-24)16-18-6-5-15-27-18/h1-2,5-8,15H,3-4,9-14,16-17H2,(H,22,26). The smallest absolute Gasteiger partial charge is 0.238 e. The normalized spacial score (nSPS) is 18.7. The van der Waals surface area contributed by atoms with Gasteiger partial charge in [0.2, 0.25) is 5.91 Å². The van der Waals surface area contributed by atoms with Gasteiger partial charge in [0.15, 0.2) is 0 Å². The molecule has 2 aromatic rings. The van der Waals surface area contributed by atoms with E-state index < -0.39 is 0 Å². The van der Waals surface area contributed by atoms with Crippen LogP contribution in [-0.4, -0.2) is 61.5 Å². The number of piperazine rings is 1. The summed E-state index contributed by atoms with van der Waals surface area (Å²) in [7, 11) is 0. The summed E-state index contributed by atoms with van der Waals surface area (Å²) in [6, 6.07) is 12.5. The van der Waals surface area contributed by atoms with Crippen LogP contribution in [0, 0.1) is 0 Å². The minimum absolute atomic E-state index is 0.0911. The zero-order valence-corrected chi connectivity index (χ0v) is 16.6. The molecule has 1 amide bonds. The van der Waals surface area contributed by atoms with E-state index in [1.807, 2.05) is 23.5 Å². The van der Waals surface area contributed by atoms with Crippen LogP contribution < -0.4 is 10.2 Å². The van der Waals surface area contributed by atoms with Crippen LogP contribution in [0.15, 0.2) is 41.8 Å².